The van der Waals surface area contributed by atoms with Gasteiger partial charge in [-0.15, -0.1) is 0 Å². The number of methoxy groups -OCH3 is 2. The summed E-state index contributed by atoms with van der Waals surface area (Å²) in [4.78, 5) is 13.3. The van der Waals surface area contributed by atoms with E-state index in [0.29, 0.717) is 30.2 Å². The van der Waals surface area contributed by atoms with E-state index >= 15 is 0 Å². The minimum absolute atomic E-state index is 0.0627. The Hall–Kier alpha value is -3.28. The van der Waals surface area contributed by atoms with Crippen LogP contribution >= 0.6 is 27.5 Å². The average molecular weight is 514 g/mol. The summed E-state index contributed by atoms with van der Waals surface area (Å²) in [7, 11) is 3.10. The zero-order valence-corrected chi connectivity index (χ0v) is 19.6. The van der Waals surface area contributed by atoms with Crippen molar-refractivity contribution < 1.29 is 9.47 Å². The number of aromatic nitrogens is 1. The molecule has 0 bridgehead atoms. The summed E-state index contributed by atoms with van der Waals surface area (Å²) in [5.41, 5.74) is 5.81. The number of anilines is 1. The molecule has 162 valence electrons. The molecule has 7 nitrogen and oxygen atoms in total. The first-order valence-electron chi connectivity index (χ1n) is 9.64. The van der Waals surface area contributed by atoms with Crippen molar-refractivity contribution in [1.29, 1.82) is 5.26 Å². The molecule has 4 rings (SSSR count). The molecule has 1 N–H and O–H groups in total. The fourth-order valence-corrected chi connectivity index (χ4v) is 4.22. The van der Waals surface area contributed by atoms with Gasteiger partial charge in [-0.1, -0.05) is 27.5 Å². The van der Waals surface area contributed by atoms with Crippen molar-refractivity contribution in [2.45, 2.75) is 13.0 Å². The number of nitrogens with one attached hydrogen (secondary N) is 1. The number of nitrogens with zero attached hydrogens (tertiary/aromatic N) is 3. The molecule has 0 radical (unpaired) electrons. The lowest BCUT2D eigenvalue weighted by Crippen LogP contribution is -2.30. The predicted octanol–water partition coefficient (Wildman–Crippen LogP) is 4.82. The van der Waals surface area contributed by atoms with E-state index in [9.17, 15) is 10.1 Å². The molecule has 2 heterocycles. The van der Waals surface area contributed by atoms with Gasteiger partial charge in [-0.3, -0.25) is 10.2 Å². The Kier molecular flexibility index (Phi) is 6.21. The van der Waals surface area contributed by atoms with Crippen molar-refractivity contribution in [2.24, 2.45) is 5.10 Å². The first-order valence-corrected chi connectivity index (χ1v) is 10.8. The molecule has 1 aliphatic rings. The van der Waals surface area contributed by atoms with E-state index in [1.165, 1.54) is 13.3 Å². The molecular formula is C23H18BrClN4O3. The number of hydrazone groups is 1. The van der Waals surface area contributed by atoms with Crippen molar-refractivity contribution in [1.82, 2.24) is 4.57 Å². The monoisotopic (exact) mass is 512 g/mol. The minimum atomic E-state index is -0.314. The fraction of sp³-hybridized carbons (Fsp3) is 0.174. The second-order valence-corrected chi connectivity index (χ2v) is 8.30. The number of ether oxygens (including phenoxy) is 2. The third kappa shape index (κ3) is 3.85. The van der Waals surface area contributed by atoms with Crippen molar-refractivity contribution in [2.75, 3.05) is 19.6 Å². The van der Waals surface area contributed by atoms with Gasteiger partial charge in [0.2, 0.25) is 0 Å². The topological polar surface area (TPSA) is 88.6 Å². The number of hydrogen-bond donors (Lipinski definition) is 1. The SMILES string of the molecule is COc1cc2c(cc1OC)-c1c(C#N)c(Cl)c(/C=N/Nc3ccc(Br)cc3)c(=O)n1CC2. The number of nitriles is 1. The van der Waals surface area contributed by atoms with Gasteiger partial charge >= 0.3 is 0 Å². The fourth-order valence-electron chi connectivity index (χ4n) is 3.70. The molecule has 9 heteroatoms. The van der Waals surface area contributed by atoms with E-state index in [1.54, 1.807) is 17.7 Å². The van der Waals surface area contributed by atoms with Crippen LogP contribution in [0.1, 0.15) is 16.7 Å². The molecule has 1 aromatic heterocycles. The molecule has 32 heavy (non-hydrogen) atoms. The lowest BCUT2D eigenvalue weighted by Gasteiger charge is -2.25. The quantitative estimate of drug-likeness (QED) is 0.390. The highest BCUT2D eigenvalue weighted by Crippen LogP contribution is 2.40. The summed E-state index contributed by atoms with van der Waals surface area (Å²) in [5, 5.41) is 14.1. The number of rotatable bonds is 5. The van der Waals surface area contributed by atoms with Crippen molar-refractivity contribution in [3.8, 4) is 28.8 Å². The molecule has 0 fully saturated rings. The van der Waals surface area contributed by atoms with Gasteiger partial charge in [0.05, 0.1) is 48.0 Å². The molecule has 0 saturated carbocycles. The molecule has 0 atom stereocenters. The molecule has 3 aromatic rings. The van der Waals surface area contributed by atoms with Gasteiger partial charge in [0.25, 0.3) is 5.56 Å². The maximum absolute atomic E-state index is 13.3. The van der Waals surface area contributed by atoms with Crippen LogP contribution in [0.4, 0.5) is 5.69 Å². The molecule has 0 spiro atoms. The number of halogens is 2. The first kappa shape index (κ1) is 21.9. The number of aryl methyl sites for hydroxylation is 1. The summed E-state index contributed by atoms with van der Waals surface area (Å²) in [5.74, 6) is 1.10. The molecule has 0 aliphatic carbocycles. The highest BCUT2D eigenvalue weighted by atomic mass is 79.9. The highest BCUT2D eigenvalue weighted by Gasteiger charge is 2.27. The highest BCUT2D eigenvalue weighted by molar-refractivity contribution is 9.10. The second-order valence-electron chi connectivity index (χ2n) is 7.01. The number of hydrogen-bond acceptors (Lipinski definition) is 6. The Bertz CT molecular complexity index is 1330. The van der Waals surface area contributed by atoms with Crippen LogP contribution in [0.2, 0.25) is 5.02 Å². The van der Waals surface area contributed by atoms with Crippen LogP contribution in [0, 0.1) is 11.3 Å². The zero-order chi connectivity index (χ0) is 22.8. The maximum Gasteiger partial charge on any atom is 0.261 e. The van der Waals surface area contributed by atoms with Gasteiger partial charge in [-0.2, -0.15) is 10.4 Å². The normalized spacial score (nSPS) is 12.1. The van der Waals surface area contributed by atoms with Crippen LogP contribution < -0.4 is 20.5 Å². The van der Waals surface area contributed by atoms with E-state index in [1.807, 2.05) is 30.3 Å². The van der Waals surface area contributed by atoms with Gasteiger partial charge < -0.3 is 14.0 Å². The third-order valence-electron chi connectivity index (χ3n) is 5.25. The van der Waals surface area contributed by atoms with Gasteiger partial charge in [0, 0.05) is 16.6 Å². The van der Waals surface area contributed by atoms with Crippen molar-refractivity contribution in [3.63, 3.8) is 0 Å². The lowest BCUT2D eigenvalue weighted by molar-refractivity contribution is 0.354. The van der Waals surface area contributed by atoms with Crippen molar-refractivity contribution >= 4 is 39.4 Å². The Labute approximate surface area is 198 Å². The Morgan fingerprint density at radius 2 is 1.91 bits per heavy atom. The average Bonchev–Trinajstić information content (AvgIpc) is 2.81. The Balaban J connectivity index is 1.82. The standard InChI is InChI=1S/C23H18BrClN4O3/c1-31-19-9-13-7-8-29-22(16(13)10-20(19)32-2)17(11-26)21(25)18(23(29)30)12-27-28-15-5-3-14(24)4-6-15/h3-6,9-10,12,28H,7-8H2,1-2H3/b27-12+. The van der Waals surface area contributed by atoms with Crippen LogP contribution in [-0.2, 0) is 13.0 Å². The van der Waals surface area contributed by atoms with E-state index in [0.717, 1.165) is 21.3 Å². The lowest BCUT2D eigenvalue weighted by atomic mass is 9.93. The summed E-state index contributed by atoms with van der Waals surface area (Å²) in [6.45, 7) is 0.406. The van der Waals surface area contributed by atoms with Crippen LogP contribution in [0.15, 0.2) is 50.8 Å². The minimum Gasteiger partial charge on any atom is -0.493 e. The molecule has 0 unspecified atom stereocenters. The zero-order valence-electron chi connectivity index (χ0n) is 17.3. The van der Waals surface area contributed by atoms with Crippen molar-refractivity contribution in [3.05, 3.63) is 72.9 Å². The number of benzene rings is 2. The van der Waals surface area contributed by atoms with E-state index in [-0.39, 0.29) is 21.7 Å². The molecule has 2 aromatic carbocycles. The van der Waals surface area contributed by atoms with Crippen LogP contribution in [0.5, 0.6) is 11.5 Å². The Morgan fingerprint density at radius 3 is 2.56 bits per heavy atom. The molecule has 0 amide bonds. The first-order chi connectivity index (χ1) is 15.5. The van der Waals surface area contributed by atoms with E-state index < -0.39 is 0 Å². The number of pyridine rings is 1. The maximum atomic E-state index is 13.3. The van der Waals surface area contributed by atoms with Gasteiger partial charge in [-0.25, -0.2) is 0 Å². The smallest absolute Gasteiger partial charge is 0.261 e. The summed E-state index contributed by atoms with van der Waals surface area (Å²) in [6.07, 6.45) is 1.95. The summed E-state index contributed by atoms with van der Waals surface area (Å²) >= 11 is 9.91. The van der Waals surface area contributed by atoms with E-state index in [4.69, 9.17) is 21.1 Å². The predicted molar refractivity (Wildman–Crippen MR) is 128 cm³/mol. The number of fused-ring (bicyclic) bond motifs is 3. The van der Waals surface area contributed by atoms with Crippen LogP contribution in [-0.4, -0.2) is 25.0 Å². The summed E-state index contributed by atoms with van der Waals surface area (Å²) < 4.78 is 13.3. The molecule has 1 aliphatic heterocycles. The van der Waals surface area contributed by atoms with Gasteiger partial charge in [0.1, 0.15) is 6.07 Å². The van der Waals surface area contributed by atoms with E-state index in [2.05, 4.69) is 32.5 Å². The van der Waals surface area contributed by atoms with Gasteiger partial charge in [-0.05, 0) is 48.4 Å². The molecule has 0 saturated heterocycles. The van der Waals surface area contributed by atoms with Gasteiger partial charge in [0.15, 0.2) is 11.5 Å². The summed E-state index contributed by atoms with van der Waals surface area (Å²) in [6, 6.07) is 13.2. The largest absolute Gasteiger partial charge is 0.493 e. The third-order valence-corrected chi connectivity index (χ3v) is 6.17. The van der Waals surface area contributed by atoms with Crippen LogP contribution in [0.25, 0.3) is 11.3 Å². The second kappa shape index (κ2) is 9.07. The van der Waals surface area contributed by atoms with Crippen LogP contribution in [0.3, 0.4) is 0 Å². The Morgan fingerprint density at radius 1 is 1.22 bits per heavy atom. The molecular weight excluding hydrogens is 496 g/mol.